The largest absolute Gasteiger partial charge is 0.503 e. The lowest BCUT2D eigenvalue weighted by Gasteiger charge is -2.06. The zero-order valence-corrected chi connectivity index (χ0v) is 7.28. The molecule has 7 heteroatoms. The molecule has 0 saturated heterocycles. The Labute approximate surface area is 80.9 Å². The van der Waals surface area contributed by atoms with Crippen LogP contribution < -0.4 is 0 Å². The molecule has 1 aromatic rings. The van der Waals surface area contributed by atoms with Gasteiger partial charge in [-0.2, -0.15) is 8.78 Å². The minimum Gasteiger partial charge on any atom is -0.503 e. The number of phenolic OH excluding ortho intramolecular Hbond substituents is 1. The summed E-state index contributed by atoms with van der Waals surface area (Å²) in [6, 6.07) is 0. The van der Waals surface area contributed by atoms with Gasteiger partial charge in [-0.05, 0) is 0 Å². The van der Waals surface area contributed by atoms with Crippen LogP contribution in [-0.4, -0.2) is 18.2 Å². The number of carbonyl (C=O) groups is 1. The van der Waals surface area contributed by atoms with Gasteiger partial charge >= 0.3 is 5.97 Å². The number of methoxy groups -OCH3 is 1. The molecule has 0 aromatic heterocycles. The molecule has 1 rings (SSSR count). The molecule has 3 nitrogen and oxygen atoms in total. The van der Waals surface area contributed by atoms with Crippen molar-refractivity contribution in [3.05, 3.63) is 28.8 Å². The molecule has 0 atom stereocenters. The molecule has 0 spiro atoms. The Morgan fingerprint density at radius 3 is 1.80 bits per heavy atom. The van der Waals surface area contributed by atoms with Gasteiger partial charge in [0.15, 0.2) is 17.4 Å². The number of rotatable bonds is 1. The average molecular weight is 224 g/mol. The van der Waals surface area contributed by atoms with Crippen molar-refractivity contribution in [1.82, 2.24) is 0 Å². The Morgan fingerprint density at radius 1 is 1.07 bits per heavy atom. The lowest BCUT2D eigenvalue weighted by molar-refractivity contribution is 0.0586. The topological polar surface area (TPSA) is 46.5 Å². The van der Waals surface area contributed by atoms with Gasteiger partial charge in [-0.25, -0.2) is 13.6 Å². The number of halogens is 4. The number of esters is 1. The summed E-state index contributed by atoms with van der Waals surface area (Å²) in [7, 11) is 0.782. The predicted molar refractivity (Wildman–Crippen MR) is 39.3 cm³/mol. The molecule has 1 N–H and O–H groups in total. The highest BCUT2D eigenvalue weighted by Crippen LogP contribution is 2.28. The van der Waals surface area contributed by atoms with E-state index >= 15 is 0 Å². The van der Waals surface area contributed by atoms with Crippen molar-refractivity contribution in [2.24, 2.45) is 0 Å². The number of hydrogen-bond donors (Lipinski definition) is 1. The van der Waals surface area contributed by atoms with Gasteiger partial charge in [0.1, 0.15) is 5.56 Å². The summed E-state index contributed by atoms with van der Waals surface area (Å²) >= 11 is 0. The Kier molecular flexibility index (Phi) is 2.83. The highest BCUT2D eigenvalue weighted by Gasteiger charge is 2.29. The fourth-order valence-electron chi connectivity index (χ4n) is 0.901. The lowest BCUT2D eigenvalue weighted by Crippen LogP contribution is -2.11. The molecule has 0 aliphatic heterocycles. The number of carbonyl (C=O) groups excluding carboxylic acids is 1. The van der Waals surface area contributed by atoms with Crippen molar-refractivity contribution in [2.45, 2.75) is 0 Å². The minimum atomic E-state index is -2.05. The van der Waals surface area contributed by atoms with E-state index in [-0.39, 0.29) is 0 Å². The quantitative estimate of drug-likeness (QED) is 0.449. The van der Waals surface area contributed by atoms with E-state index in [4.69, 9.17) is 5.11 Å². The van der Waals surface area contributed by atoms with Gasteiger partial charge in [0, 0.05) is 0 Å². The van der Waals surface area contributed by atoms with Crippen molar-refractivity contribution >= 4 is 5.97 Å². The summed E-state index contributed by atoms with van der Waals surface area (Å²) in [5, 5.41) is 8.56. The predicted octanol–water partition coefficient (Wildman–Crippen LogP) is 1.74. The molecule has 0 radical (unpaired) electrons. The Bertz CT molecular complexity index is 401. The second kappa shape index (κ2) is 3.76. The van der Waals surface area contributed by atoms with Crippen molar-refractivity contribution in [3.63, 3.8) is 0 Å². The minimum absolute atomic E-state index is 0.782. The number of phenols is 1. The molecule has 0 saturated carbocycles. The van der Waals surface area contributed by atoms with E-state index in [1.54, 1.807) is 0 Å². The molecule has 0 aliphatic carbocycles. The normalized spacial score (nSPS) is 10.2. The van der Waals surface area contributed by atoms with Crippen LogP contribution in [0.2, 0.25) is 0 Å². The van der Waals surface area contributed by atoms with Crippen LogP contribution in [0.4, 0.5) is 17.6 Å². The van der Waals surface area contributed by atoms with Gasteiger partial charge in [-0.1, -0.05) is 0 Å². The van der Waals surface area contributed by atoms with Crippen molar-refractivity contribution < 1.29 is 32.2 Å². The van der Waals surface area contributed by atoms with E-state index in [0.717, 1.165) is 7.11 Å². The summed E-state index contributed by atoms with van der Waals surface area (Å²) in [6.07, 6.45) is 0. The van der Waals surface area contributed by atoms with Gasteiger partial charge in [0.05, 0.1) is 7.11 Å². The number of hydrogen-bond acceptors (Lipinski definition) is 3. The van der Waals surface area contributed by atoms with Gasteiger partial charge in [0.2, 0.25) is 11.6 Å². The van der Waals surface area contributed by atoms with Crippen molar-refractivity contribution in [3.8, 4) is 5.75 Å². The molecular formula is C8H4F4O3. The summed E-state index contributed by atoms with van der Waals surface area (Å²) in [5.41, 5.74) is -1.52. The van der Waals surface area contributed by atoms with Crippen LogP contribution in [0.25, 0.3) is 0 Å². The zero-order chi connectivity index (χ0) is 11.7. The van der Waals surface area contributed by atoms with E-state index in [9.17, 15) is 22.4 Å². The van der Waals surface area contributed by atoms with E-state index in [2.05, 4.69) is 4.74 Å². The lowest BCUT2D eigenvalue weighted by atomic mass is 10.1. The standard InChI is InChI=1S/C8H4F4O3/c1-15-8(14)2-3(9)5(11)7(13)6(12)4(2)10/h13H,1H3. The number of benzene rings is 1. The highest BCUT2D eigenvalue weighted by atomic mass is 19.2. The third-order valence-electron chi connectivity index (χ3n) is 1.63. The maximum absolute atomic E-state index is 12.9. The summed E-state index contributed by atoms with van der Waals surface area (Å²) < 4.78 is 55.1. The monoisotopic (exact) mass is 224 g/mol. The third-order valence-corrected chi connectivity index (χ3v) is 1.63. The molecular weight excluding hydrogens is 220 g/mol. The summed E-state index contributed by atoms with van der Waals surface area (Å²) in [5.74, 6) is -11.5. The second-order valence-electron chi connectivity index (χ2n) is 2.47. The summed E-state index contributed by atoms with van der Waals surface area (Å²) in [6.45, 7) is 0. The van der Waals surface area contributed by atoms with Gasteiger partial charge in [-0.15, -0.1) is 0 Å². The molecule has 82 valence electrons. The van der Waals surface area contributed by atoms with Crippen LogP contribution in [0.5, 0.6) is 5.75 Å². The molecule has 0 unspecified atom stereocenters. The van der Waals surface area contributed by atoms with E-state index < -0.39 is 40.6 Å². The molecule has 15 heavy (non-hydrogen) atoms. The first-order valence-electron chi connectivity index (χ1n) is 3.55. The molecule has 0 fully saturated rings. The molecule has 1 aromatic carbocycles. The van der Waals surface area contributed by atoms with E-state index in [1.165, 1.54) is 0 Å². The maximum atomic E-state index is 12.9. The van der Waals surface area contributed by atoms with E-state index in [0.29, 0.717) is 0 Å². The third kappa shape index (κ3) is 1.60. The fraction of sp³-hybridized carbons (Fsp3) is 0.125. The Hall–Kier alpha value is -1.79. The van der Waals surface area contributed by atoms with Gasteiger partial charge in [0.25, 0.3) is 0 Å². The highest BCUT2D eigenvalue weighted by molar-refractivity contribution is 5.90. The first kappa shape index (κ1) is 11.3. The van der Waals surface area contributed by atoms with Crippen molar-refractivity contribution in [1.29, 1.82) is 0 Å². The van der Waals surface area contributed by atoms with Crippen LogP contribution in [0, 0.1) is 23.3 Å². The number of ether oxygens (including phenoxy) is 1. The molecule has 0 bridgehead atoms. The SMILES string of the molecule is COC(=O)c1c(F)c(F)c(O)c(F)c1F. The first-order valence-corrected chi connectivity index (χ1v) is 3.55. The van der Waals surface area contributed by atoms with Crippen LogP contribution in [-0.2, 0) is 4.74 Å². The fourth-order valence-corrected chi connectivity index (χ4v) is 0.901. The van der Waals surface area contributed by atoms with Crippen molar-refractivity contribution in [2.75, 3.05) is 7.11 Å². The number of aromatic hydroxyl groups is 1. The van der Waals surface area contributed by atoms with Gasteiger partial charge in [-0.3, -0.25) is 0 Å². The van der Waals surface area contributed by atoms with E-state index in [1.807, 2.05) is 0 Å². The van der Waals surface area contributed by atoms with Crippen LogP contribution in [0.1, 0.15) is 10.4 Å². The second-order valence-corrected chi connectivity index (χ2v) is 2.47. The molecule has 0 aliphatic rings. The van der Waals surface area contributed by atoms with Crippen LogP contribution in [0.15, 0.2) is 0 Å². The smallest absolute Gasteiger partial charge is 0.344 e. The van der Waals surface area contributed by atoms with Gasteiger partial charge < -0.3 is 9.84 Å². The van der Waals surface area contributed by atoms with Crippen LogP contribution in [0.3, 0.4) is 0 Å². The Balaban J connectivity index is 3.60. The zero-order valence-electron chi connectivity index (χ0n) is 7.28. The van der Waals surface area contributed by atoms with Crippen LogP contribution >= 0.6 is 0 Å². The molecule has 0 amide bonds. The first-order chi connectivity index (χ1) is 6.91. The summed E-state index contributed by atoms with van der Waals surface area (Å²) in [4.78, 5) is 10.8. The molecule has 0 heterocycles. The Morgan fingerprint density at radius 2 is 1.47 bits per heavy atom. The maximum Gasteiger partial charge on any atom is 0.344 e. The average Bonchev–Trinajstić information content (AvgIpc) is 2.23.